The summed E-state index contributed by atoms with van der Waals surface area (Å²) in [6.07, 6.45) is 8.60. The SMILES string of the molecule is O=C(CNc1cccc2c1CCCC2)NN1C(=O)NC2(CCCCC2)C1=O. The number of urea groups is 1. The van der Waals surface area contributed by atoms with Crippen LogP contribution in [0.25, 0.3) is 0 Å². The first-order chi connectivity index (χ1) is 13.1. The lowest BCUT2D eigenvalue weighted by Crippen LogP contribution is -2.51. The van der Waals surface area contributed by atoms with Crippen LogP contribution in [0.1, 0.15) is 56.1 Å². The number of hydrogen-bond acceptors (Lipinski definition) is 4. The molecule has 0 atom stereocenters. The van der Waals surface area contributed by atoms with E-state index in [-0.39, 0.29) is 12.5 Å². The molecule has 1 aromatic carbocycles. The van der Waals surface area contributed by atoms with E-state index in [0.717, 1.165) is 49.2 Å². The number of aryl methyl sites for hydroxylation is 1. The number of rotatable bonds is 4. The topological polar surface area (TPSA) is 90.5 Å². The average Bonchev–Trinajstić information content (AvgIpc) is 2.91. The van der Waals surface area contributed by atoms with Crippen LogP contribution in [0.3, 0.4) is 0 Å². The number of carbonyl (C=O) groups excluding carboxylic acids is 3. The Morgan fingerprint density at radius 3 is 2.67 bits per heavy atom. The number of imide groups is 1. The van der Waals surface area contributed by atoms with Gasteiger partial charge in [0, 0.05) is 5.69 Å². The van der Waals surface area contributed by atoms with Crippen LogP contribution in [0.2, 0.25) is 0 Å². The van der Waals surface area contributed by atoms with Gasteiger partial charge >= 0.3 is 6.03 Å². The number of nitrogens with zero attached hydrogens (tertiary/aromatic N) is 1. The smallest absolute Gasteiger partial charge is 0.344 e. The fourth-order valence-electron chi connectivity index (χ4n) is 4.50. The van der Waals surface area contributed by atoms with Gasteiger partial charge in [0.15, 0.2) is 0 Å². The lowest BCUT2D eigenvalue weighted by atomic mass is 9.82. The van der Waals surface area contributed by atoms with Crippen LogP contribution >= 0.6 is 0 Å². The number of carbonyl (C=O) groups is 3. The normalized spacial score (nSPS) is 21.0. The van der Waals surface area contributed by atoms with Gasteiger partial charge in [-0.1, -0.05) is 31.4 Å². The van der Waals surface area contributed by atoms with E-state index < -0.39 is 17.5 Å². The van der Waals surface area contributed by atoms with Crippen LogP contribution in [0.5, 0.6) is 0 Å². The molecule has 0 radical (unpaired) electrons. The second-order valence-electron chi connectivity index (χ2n) is 7.75. The molecule has 1 heterocycles. The van der Waals surface area contributed by atoms with E-state index >= 15 is 0 Å². The highest BCUT2D eigenvalue weighted by molar-refractivity contribution is 6.08. The molecule has 1 aliphatic heterocycles. The number of nitrogens with one attached hydrogen (secondary N) is 3. The lowest BCUT2D eigenvalue weighted by molar-refractivity contribution is -0.139. The van der Waals surface area contributed by atoms with Gasteiger partial charge in [-0.05, 0) is 55.7 Å². The molecule has 27 heavy (non-hydrogen) atoms. The van der Waals surface area contributed by atoms with E-state index in [9.17, 15) is 14.4 Å². The fraction of sp³-hybridized carbons (Fsp3) is 0.550. The van der Waals surface area contributed by atoms with Crippen molar-refractivity contribution >= 4 is 23.5 Å². The van der Waals surface area contributed by atoms with E-state index in [4.69, 9.17) is 0 Å². The zero-order chi connectivity index (χ0) is 18.9. The molecule has 0 aromatic heterocycles. The first kappa shape index (κ1) is 17.8. The molecule has 3 N–H and O–H groups in total. The summed E-state index contributed by atoms with van der Waals surface area (Å²) in [5.41, 5.74) is 5.21. The van der Waals surface area contributed by atoms with Gasteiger partial charge in [0.2, 0.25) is 0 Å². The summed E-state index contributed by atoms with van der Waals surface area (Å²) >= 11 is 0. The predicted molar refractivity (Wildman–Crippen MR) is 101 cm³/mol. The molecule has 0 unspecified atom stereocenters. The Balaban J connectivity index is 1.37. The van der Waals surface area contributed by atoms with Gasteiger partial charge in [0.25, 0.3) is 11.8 Å². The van der Waals surface area contributed by atoms with Gasteiger partial charge < -0.3 is 10.6 Å². The van der Waals surface area contributed by atoms with E-state index in [1.165, 1.54) is 17.5 Å². The molecule has 2 fully saturated rings. The van der Waals surface area contributed by atoms with Crippen molar-refractivity contribution in [1.82, 2.24) is 15.8 Å². The summed E-state index contributed by atoms with van der Waals surface area (Å²) in [6, 6.07) is 5.57. The van der Waals surface area contributed by atoms with Gasteiger partial charge in [0.1, 0.15) is 5.54 Å². The quantitative estimate of drug-likeness (QED) is 0.709. The Hall–Kier alpha value is -2.57. The molecular weight excluding hydrogens is 344 g/mol. The van der Waals surface area contributed by atoms with Crippen molar-refractivity contribution in [2.75, 3.05) is 11.9 Å². The zero-order valence-corrected chi connectivity index (χ0v) is 15.5. The number of amides is 4. The highest BCUT2D eigenvalue weighted by Gasteiger charge is 2.52. The van der Waals surface area contributed by atoms with Gasteiger partial charge in [0.05, 0.1) is 6.54 Å². The molecule has 4 rings (SSSR count). The Morgan fingerprint density at radius 2 is 1.85 bits per heavy atom. The molecule has 1 aromatic rings. The molecule has 7 nitrogen and oxygen atoms in total. The average molecular weight is 370 g/mol. The second-order valence-corrected chi connectivity index (χ2v) is 7.75. The Kier molecular flexibility index (Phi) is 4.76. The first-order valence-corrected chi connectivity index (χ1v) is 9.90. The summed E-state index contributed by atoms with van der Waals surface area (Å²) in [6.45, 7) is 0.0144. The molecular formula is C20H26N4O3. The third-order valence-electron chi connectivity index (χ3n) is 5.94. The van der Waals surface area contributed by atoms with Crippen molar-refractivity contribution in [2.24, 2.45) is 0 Å². The molecule has 4 amide bonds. The van der Waals surface area contributed by atoms with Crippen LogP contribution in [-0.2, 0) is 22.4 Å². The maximum atomic E-state index is 12.7. The monoisotopic (exact) mass is 370 g/mol. The maximum absolute atomic E-state index is 12.7. The van der Waals surface area contributed by atoms with Crippen molar-refractivity contribution in [3.05, 3.63) is 29.3 Å². The molecule has 3 aliphatic rings. The molecule has 144 valence electrons. The number of hydrogen-bond donors (Lipinski definition) is 3. The first-order valence-electron chi connectivity index (χ1n) is 9.90. The Labute approximate surface area is 158 Å². The summed E-state index contributed by atoms with van der Waals surface area (Å²) in [5, 5.41) is 6.81. The van der Waals surface area contributed by atoms with Crippen molar-refractivity contribution in [3.8, 4) is 0 Å². The second kappa shape index (κ2) is 7.21. The summed E-state index contributed by atoms with van der Waals surface area (Å²) in [7, 11) is 0. The van der Waals surface area contributed by atoms with Gasteiger partial charge in [-0.3, -0.25) is 15.0 Å². The van der Waals surface area contributed by atoms with E-state index in [1.807, 2.05) is 12.1 Å². The third kappa shape index (κ3) is 3.38. The van der Waals surface area contributed by atoms with E-state index in [0.29, 0.717) is 12.8 Å². The number of fused-ring (bicyclic) bond motifs is 1. The van der Waals surface area contributed by atoms with Crippen molar-refractivity contribution in [2.45, 2.75) is 63.3 Å². The van der Waals surface area contributed by atoms with Gasteiger partial charge in [-0.15, -0.1) is 0 Å². The Bertz CT molecular complexity index is 770. The largest absolute Gasteiger partial charge is 0.376 e. The van der Waals surface area contributed by atoms with E-state index in [2.05, 4.69) is 22.1 Å². The Morgan fingerprint density at radius 1 is 1.07 bits per heavy atom. The number of benzene rings is 1. The minimum Gasteiger partial charge on any atom is -0.376 e. The maximum Gasteiger partial charge on any atom is 0.344 e. The van der Waals surface area contributed by atoms with E-state index in [1.54, 1.807) is 0 Å². The lowest BCUT2D eigenvalue weighted by Gasteiger charge is -2.30. The van der Waals surface area contributed by atoms with Gasteiger partial charge in [-0.2, -0.15) is 5.01 Å². The van der Waals surface area contributed by atoms with Crippen LogP contribution in [0, 0.1) is 0 Å². The molecule has 1 spiro atoms. The minimum absolute atomic E-state index is 0.0144. The van der Waals surface area contributed by atoms with Crippen LogP contribution < -0.4 is 16.1 Å². The summed E-state index contributed by atoms with van der Waals surface area (Å²) < 4.78 is 0. The molecule has 0 bridgehead atoms. The van der Waals surface area contributed by atoms with Crippen LogP contribution in [0.15, 0.2) is 18.2 Å². The van der Waals surface area contributed by atoms with Crippen LogP contribution in [0.4, 0.5) is 10.5 Å². The predicted octanol–water partition coefficient (Wildman–Crippen LogP) is 2.26. The summed E-state index contributed by atoms with van der Waals surface area (Å²) in [4.78, 5) is 37.3. The number of hydrazine groups is 1. The minimum atomic E-state index is -0.825. The zero-order valence-electron chi connectivity index (χ0n) is 15.5. The highest BCUT2D eigenvalue weighted by atomic mass is 16.2. The van der Waals surface area contributed by atoms with Crippen LogP contribution in [-0.4, -0.2) is 34.9 Å². The standard InChI is InChI=1S/C20H26N4O3/c25-17(13-21-16-10-6-8-14-7-2-3-9-15(14)16)23-24-18(26)20(22-19(24)27)11-4-1-5-12-20/h6,8,10,21H,1-5,7,9,11-13H2,(H,22,27)(H,23,25). The highest BCUT2D eigenvalue weighted by Crippen LogP contribution is 2.33. The number of anilines is 1. The molecule has 7 heteroatoms. The van der Waals surface area contributed by atoms with Crippen molar-refractivity contribution < 1.29 is 14.4 Å². The third-order valence-corrected chi connectivity index (χ3v) is 5.94. The fourth-order valence-corrected chi connectivity index (χ4v) is 4.50. The molecule has 2 aliphatic carbocycles. The van der Waals surface area contributed by atoms with Gasteiger partial charge in [-0.25, -0.2) is 4.79 Å². The molecule has 1 saturated carbocycles. The summed E-state index contributed by atoms with van der Waals surface area (Å²) in [5.74, 6) is -0.739. The van der Waals surface area contributed by atoms with Crippen molar-refractivity contribution in [1.29, 1.82) is 0 Å². The molecule has 1 saturated heterocycles. The van der Waals surface area contributed by atoms with Crippen molar-refractivity contribution in [3.63, 3.8) is 0 Å².